The molecule has 0 fully saturated rings. The minimum Gasteiger partial charge on any atom is -0.477 e. The van der Waals surface area contributed by atoms with E-state index in [1.165, 1.54) is 6.07 Å². The molecule has 2 aromatic rings. The molecule has 0 bridgehead atoms. The number of nitrogens with zero attached hydrogens (tertiary/aromatic N) is 2. The van der Waals surface area contributed by atoms with Crippen LogP contribution in [0.4, 0.5) is 0 Å². The van der Waals surface area contributed by atoms with Gasteiger partial charge in [-0.15, -0.1) is 11.3 Å². The molecule has 20 heavy (non-hydrogen) atoms. The molecule has 1 aliphatic carbocycles. The Kier molecular flexibility index (Phi) is 3.12. The monoisotopic (exact) mass is 286 g/mol. The Morgan fingerprint density at radius 3 is 3.00 bits per heavy atom. The molecule has 3 rings (SSSR count). The second-order valence-corrected chi connectivity index (χ2v) is 5.38. The summed E-state index contributed by atoms with van der Waals surface area (Å²) in [4.78, 5) is 15.4. The third kappa shape index (κ3) is 2.24. The van der Waals surface area contributed by atoms with E-state index in [0.29, 0.717) is 11.3 Å². The van der Waals surface area contributed by atoms with Crippen LogP contribution in [-0.2, 0) is 12.8 Å². The Morgan fingerprint density at radius 1 is 1.45 bits per heavy atom. The molecule has 0 atom stereocenters. The van der Waals surface area contributed by atoms with Crippen molar-refractivity contribution in [3.63, 3.8) is 0 Å². The number of carboxylic acids is 1. The summed E-state index contributed by atoms with van der Waals surface area (Å²) in [5, 5.41) is 19.6. The Balaban J connectivity index is 1.93. The number of thiophene rings is 1. The average molecular weight is 286 g/mol. The highest BCUT2D eigenvalue weighted by Crippen LogP contribution is 2.31. The van der Waals surface area contributed by atoms with E-state index < -0.39 is 5.97 Å². The first kappa shape index (κ1) is 12.6. The fourth-order valence-electron chi connectivity index (χ4n) is 2.21. The lowest BCUT2D eigenvalue weighted by Gasteiger charge is -2.07. The van der Waals surface area contributed by atoms with Crippen LogP contribution in [0.25, 0.3) is 0 Å². The van der Waals surface area contributed by atoms with Gasteiger partial charge in [0.15, 0.2) is 0 Å². The molecule has 2 aromatic heterocycles. The number of aryl methyl sites for hydroxylation is 2. The number of rotatable bonds is 3. The van der Waals surface area contributed by atoms with Crippen molar-refractivity contribution in [1.29, 1.82) is 5.26 Å². The zero-order chi connectivity index (χ0) is 14.1. The highest BCUT2D eigenvalue weighted by molar-refractivity contribution is 7.12. The van der Waals surface area contributed by atoms with Crippen molar-refractivity contribution in [2.45, 2.75) is 19.3 Å². The van der Waals surface area contributed by atoms with E-state index in [2.05, 4.69) is 11.1 Å². The summed E-state index contributed by atoms with van der Waals surface area (Å²) >= 11 is 1.08. The van der Waals surface area contributed by atoms with Gasteiger partial charge in [-0.1, -0.05) is 0 Å². The lowest BCUT2D eigenvalue weighted by atomic mass is 10.1. The van der Waals surface area contributed by atoms with E-state index >= 15 is 0 Å². The Bertz CT molecular complexity index is 731. The number of carboxylic acid groups (broad SMARTS) is 1. The molecular formula is C14H10N2O3S. The normalized spacial score (nSPS) is 12.8. The molecule has 0 amide bonds. The molecule has 1 N–H and O–H groups in total. The largest absolute Gasteiger partial charge is 0.477 e. The van der Waals surface area contributed by atoms with Crippen molar-refractivity contribution in [2.75, 3.05) is 0 Å². The van der Waals surface area contributed by atoms with Crippen LogP contribution < -0.4 is 4.74 Å². The van der Waals surface area contributed by atoms with Gasteiger partial charge in [-0.05, 0) is 30.9 Å². The van der Waals surface area contributed by atoms with E-state index in [1.54, 1.807) is 5.38 Å². The van der Waals surface area contributed by atoms with Gasteiger partial charge in [0.1, 0.15) is 22.3 Å². The van der Waals surface area contributed by atoms with Crippen molar-refractivity contribution < 1.29 is 14.6 Å². The van der Waals surface area contributed by atoms with Crippen molar-refractivity contribution in [1.82, 2.24) is 4.98 Å². The molecular weight excluding hydrogens is 276 g/mol. The van der Waals surface area contributed by atoms with Gasteiger partial charge < -0.3 is 9.84 Å². The summed E-state index contributed by atoms with van der Waals surface area (Å²) in [5.74, 6) is -0.343. The fraction of sp³-hybridized carbons (Fsp3) is 0.214. The summed E-state index contributed by atoms with van der Waals surface area (Å²) in [5.41, 5.74) is 2.45. The molecule has 100 valence electrons. The zero-order valence-corrected chi connectivity index (χ0v) is 11.2. The van der Waals surface area contributed by atoms with Gasteiger partial charge in [0.2, 0.25) is 5.88 Å². The average Bonchev–Trinajstić information content (AvgIpc) is 3.06. The van der Waals surface area contributed by atoms with Gasteiger partial charge >= 0.3 is 5.97 Å². The summed E-state index contributed by atoms with van der Waals surface area (Å²) in [6, 6.07) is 5.32. The van der Waals surface area contributed by atoms with Crippen LogP contribution >= 0.6 is 11.3 Å². The number of nitriles is 1. The number of aromatic carboxylic acids is 1. The highest BCUT2D eigenvalue weighted by atomic mass is 32.1. The second kappa shape index (κ2) is 4.94. The van der Waals surface area contributed by atoms with Crippen LogP contribution in [0.1, 0.15) is 32.9 Å². The first-order chi connectivity index (χ1) is 9.67. The van der Waals surface area contributed by atoms with Gasteiger partial charge in [-0.3, -0.25) is 0 Å². The Morgan fingerprint density at radius 2 is 2.30 bits per heavy atom. The summed E-state index contributed by atoms with van der Waals surface area (Å²) in [6.45, 7) is 0. The topological polar surface area (TPSA) is 83.2 Å². The van der Waals surface area contributed by atoms with Crippen LogP contribution in [0.2, 0.25) is 0 Å². The summed E-state index contributed by atoms with van der Waals surface area (Å²) in [6.07, 6.45) is 2.87. The number of hydrogen-bond donors (Lipinski definition) is 1. The number of fused-ring (bicyclic) bond motifs is 1. The maximum absolute atomic E-state index is 10.8. The van der Waals surface area contributed by atoms with Crippen molar-refractivity contribution in [2.24, 2.45) is 0 Å². The number of ether oxygens (including phenoxy) is 1. The minimum atomic E-state index is -0.993. The number of aromatic nitrogens is 1. The molecule has 1 aliphatic rings. The van der Waals surface area contributed by atoms with E-state index in [-0.39, 0.29) is 10.8 Å². The number of hydrogen-bond acceptors (Lipinski definition) is 5. The van der Waals surface area contributed by atoms with Crippen LogP contribution in [0.3, 0.4) is 0 Å². The zero-order valence-electron chi connectivity index (χ0n) is 10.4. The van der Waals surface area contributed by atoms with E-state index in [9.17, 15) is 4.79 Å². The molecule has 0 saturated carbocycles. The molecule has 0 unspecified atom stereocenters. The van der Waals surface area contributed by atoms with Crippen LogP contribution in [0.5, 0.6) is 11.6 Å². The quantitative estimate of drug-likeness (QED) is 0.937. The summed E-state index contributed by atoms with van der Waals surface area (Å²) < 4.78 is 5.57. The second-order valence-electron chi connectivity index (χ2n) is 4.47. The van der Waals surface area contributed by atoms with Gasteiger partial charge in [0, 0.05) is 17.1 Å². The van der Waals surface area contributed by atoms with Gasteiger partial charge in [-0.25, -0.2) is 9.78 Å². The molecule has 0 radical (unpaired) electrons. The van der Waals surface area contributed by atoms with Crippen molar-refractivity contribution >= 4 is 17.3 Å². The third-order valence-corrected chi connectivity index (χ3v) is 4.03. The first-order valence-electron chi connectivity index (χ1n) is 6.10. The predicted octanol–water partition coefficient (Wildman–Crippen LogP) is 2.99. The SMILES string of the molecule is N#Cc1cc2c(nc1Oc1csc(C(=O)O)c1)CCC2. The van der Waals surface area contributed by atoms with Crippen LogP contribution in [0.15, 0.2) is 17.5 Å². The maximum Gasteiger partial charge on any atom is 0.346 e. The Labute approximate surface area is 119 Å². The number of pyridine rings is 1. The lowest BCUT2D eigenvalue weighted by molar-refractivity contribution is 0.0702. The first-order valence-corrected chi connectivity index (χ1v) is 6.98. The van der Waals surface area contributed by atoms with E-state index in [1.807, 2.05) is 6.07 Å². The van der Waals surface area contributed by atoms with Crippen LogP contribution in [0, 0.1) is 11.3 Å². The van der Waals surface area contributed by atoms with Crippen molar-refractivity contribution in [3.8, 4) is 17.7 Å². The van der Waals surface area contributed by atoms with E-state index in [0.717, 1.165) is 41.9 Å². The smallest absolute Gasteiger partial charge is 0.346 e. The molecule has 0 spiro atoms. The molecule has 2 heterocycles. The maximum atomic E-state index is 10.8. The molecule has 5 nitrogen and oxygen atoms in total. The number of carbonyl (C=O) groups is 1. The molecule has 0 aliphatic heterocycles. The van der Waals surface area contributed by atoms with E-state index in [4.69, 9.17) is 15.1 Å². The molecule has 0 saturated heterocycles. The predicted molar refractivity (Wildman–Crippen MR) is 72.3 cm³/mol. The lowest BCUT2D eigenvalue weighted by Crippen LogP contribution is -1.97. The Hall–Kier alpha value is -2.39. The van der Waals surface area contributed by atoms with Gasteiger partial charge in [0.05, 0.1) is 0 Å². The van der Waals surface area contributed by atoms with Gasteiger partial charge in [-0.2, -0.15) is 5.26 Å². The standard InChI is InChI=1S/C14H10N2O3S/c15-6-9-4-8-2-1-3-11(8)16-13(9)19-10-5-12(14(17)18)20-7-10/h4-5,7H,1-3H2,(H,17,18). The minimum absolute atomic E-state index is 0.194. The van der Waals surface area contributed by atoms with Crippen LogP contribution in [-0.4, -0.2) is 16.1 Å². The van der Waals surface area contributed by atoms with Crippen molar-refractivity contribution in [3.05, 3.63) is 39.2 Å². The summed E-state index contributed by atoms with van der Waals surface area (Å²) in [7, 11) is 0. The third-order valence-electron chi connectivity index (χ3n) is 3.14. The molecule has 0 aromatic carbocycles. The molecule has 6 heteroatoms. The van der Waals surface area contributed by atoms with Gasteiger partial charge in [0.25, 0.3) is 0 Å². The highest BCUT2D eigenvalue weighted by Gasteiger charge is 2.18. The fourth-order valence-corrected chi connectivity index (χ4v) is 2.85.